The average molecular weight is 228 g/mol. The fraction of sp³-hybridized carbons (Fsp3) is 0.800. The van der Waals surface area contributed by atoms with Crippen LogP contribution in [0.2, 0.25) is 0 Å². The summed E-state index contributed by atoms with van der Waals surface area (Å²) in [6, 6.07) is 0. The highest BCUT2D eigenvalue weighted by Gasteiger charge is 2.11. The van der Waals surface area contributed by atoms with E-state index in [0.29, 0.717) is 6.54 Å². The lowest BCUT2D eigenvalue weighted by Gasteiger charge is -2.26. The van der Waals surface area contributed by atoms with Crippen molar-refractivity contribution < 1.29 is 0 Å². The summed E-state index contributed by atoms with van der Waals surface area (Å²) in [6.45, 7) is 2.54. The Morgan fingerprint density at radius 1 is 1.27 bits per heavy atom. The van der Waals surface area contributed by atoms with Crippen LogP contribution in [-0.4, -0.2) is 35.5 Å². The Kier molecular flexibility index (Phi) is 5.39. The molecule has 0 aromatic rings. The molecular weight excluding hydrogens is 208 g/mol. The number of hydrogen-bond acceptors (Lipinski definition) is 2. The van der Waals surface area contributed by atoms with Crippen molar-refractivity contribution >= 4 is 23.2 Å². The van der Waals surface area contributed by atoms with Crippen LogP contribution in [0.3, 0.4) is 0 Å². The molecule has 0 aromatic heterocycles. The van der Waals surface area contributed by atoms with Crippen LogP contribution in [-0.2, 0) is 0 Å². The van der Waals surface area contributed by atoms with Crippen molar-refractivity contribution in [3.05, 3.63) is 0 Å². The minimum absolute atomic E-state index is 0.160. The summed E-state index contributed by atoms with van der Waals surface area (Å²) in [7, 11) is 0. The Morgan fingerprint density at radius 2 is 2.00 bits per heavy atom. The minimum atomic E-state index is 0.160. The van der Waals surface area contributed by atoms with E-state index in [4.69, 9.17) is 23.7 Å². The first kappa shape index (κ1) is 12.2. The molecule has 5 heteroatoms. The second-order valence-corrected chi connectivity index (χ2v) is 4.32. The van der Waals surface area contributed by atoms with Crippen LogP contribution < -0.4 is 11.5 Å². The van der Waals surface area contributed by atoms with Crippen molar-refractivity contribution in [2.24, 2.45) is 16.5 Å². The largest absolute Gasteiger partial charge is 0.370 e. The van der Waals surface area contributed by atoms with Crippen molar-refractivity contribution in [3.8, 4) is 0 Å². The maximum Gasteiger partial charge on any atom is 0.185 e. The number of likely N-dealkylation sites (tertiary alicyclic amines) is 1. The molecule has 1 aliphatic rings. The third kappa shape index (κ3) is 4.97. The van der Waals surface area contributed by atoms with Crippen LogP contribution in [0.5, 0.6) is 0 Å². The summed E-state index contributed by atoms with van der Waals surface area (Å²) in [6.07, 6.45) is 6.10. The zero-order valence-electron chi connectivity index (χ0n) is 9.11. The number of nitrogens with zero attached hydrogens (tertiary/aromatic N) is 2. The molecule has 4 nitrogen and oxygen atoms in total. The van der Waals surface area contributed by atoms with Gasteiger partial charge in [0.2, 0.25) is 0 Å². The van der Waals surface area contributed by atoms with Gasteiger partial charge in [0.05, 0.1) is 11.5 Å². The second-order valence-electron chi connectivity index (χ2n) is 3.85. The van der Waals surface area contributed by atoms with Crippen molar-refractivity contribution in [2.75, 3.05) is 19.6 Å². The fourth-order valence-electron chi connectivity index (χ4n) is 1.75. The van der Waals surface area contributed by atoms with Gasteiger partial charge in [-0.2, -0.15) is 0 Å². The molecule has 0 bridgehead atoms. The van der Waals surface area contributed by atoms with Gasteiger partial charge in [0.15, 0.2) is 5.96 Å². The predicted molar refractivity (Wildman–Crippen MR) is 67.9 cm³/mol. The minimum Gasteiger partial charge on any atom is -0.370 e. The molecule has 0 amide bonds. The van der Waals surface area contributed by atoms with Gasteiger partial charge in [-0.05, 0) is 19.3 Å². The smallest absolute Gasteiger partial charge is 0.185 e. The van der Waals surface area contributed by atoms with Crippen LogP contribution in [0.4, 0.5) is 0 Å². The topological polar surface area (TPSA) is 67.6 Å². The lowest BCUT2D eigenvalue weighted by Crippen LogP contribution is -2.34. The highest BCUT2D eigenvalue weighted by Crippen LogP contribution is 2.12. The van der Waals surface area contributed by atoms with E-state index >= 15 is 0 Å². The number of thiocarbonyl (C=S) groups is 1. The second kappa shape index (κ2) is 6.61. The van der Waals surface area contributed by atoms with Gasteiger partial charge in [0.1, 0.15) is 0 Å². The predicted octanol–water partition coefficient (Wildman–Crippen LogP) is 0.853. The molecule has 1 rings (SSSR count). The molecule has 1 fully saturated rings. The van der Waals surface area contributed by atoms with E-state index in [0.717, 1.165) is 24.5 Å². The molecule has 0 radical (unpaired) electrons. The van der Waals surface area contributed by atoms with Crippen molar-refractivity contribution in [2.45, 2.75) is 32.1 Å². The van der Waals surface area contributed by atoms with E-state index in [1.807, 2.05) is 0 Å². The molecule has 4 N–H and O–H groups in total. The molecule has 1 saturated heterocycles. The number of aliphatic imine (C=N–C) groups is 1. The molecule has 0 aromatic carbocycles. The zero-order valence-corrected chi connectivity index (χ0v) is 9.93. The molecule has 86 valence electrons. The number of hydrogen-bond donors (Lipinski definition) is 2. The van der Waals surface area contributed by atoms with Crippen LogP contribution in [0.25, 0.3) is 0 Å². The van der Waals surface area contributed by atoms with E-state index in [1.165, 1.54) is 25.7 Å². The molecule has 0 unspecified atom stereocenters. The van der Waals surface area contributed by atoms with E-state index in [1.54, 1.807) is 0 Å². The SMILES string of the molecule is NC(N)=NCCN1CCCCCCC1=S. The quantitative estimate of drug-likeness (QED) is 0.427. The third-order valence-electron chi connectivity index (χ3n) is 2.59. The molecule has 1 heterocycles. The van der Waals surface area contributed by atoms with Gasteiger partial charge in [-0.3, -0.25) is 4.99 Å². The maximum absolute atomic E-state index is 5.37. The zero-order chi connectivity index (χ0) is 11.1. The number of guanidine groups is 1. The first-order chi connectivity index (χ1) is 7.20. The molecule has 15 heavy (non-hydrogen) atoms. The number of rotatable bonds is 3. The summed E-state index contributed by atoms with van der Waals surface area (Å²) in [5, 5.41) is 0. The van der Waals surface area contributed by atoms with Crippen LogP contribution in [0.15, 0.2) is 4.99 Å². The van der Waals surface area contributed by atoms with E-state index in [9.17, 15) is 0 Å². The summed E-state index contributed by atoms with van der Waals surface area (Å²) in [5.74, 6) is 0.160. The van der Waals surface area contributed by atoms with Gasteiger partial charge in [-0.1, -0.05) is 25.1 Å². The third-order valence-corrected chi connectivity index (χ3v) is 3.05. The van der Waals surface area contributed by atoms with E-state index in [2.05, 4.69) is 9.89 Å². The first-order valence-electron chi connectivity index (χ1n) is 5.53. The molecule has 1 aliphatic heterocycles. The maximum atomic E-state index is 5.37. The monoisotopic (exact) mass is 228 g/mol. The Balaban J connectivity index is 2.35. The normalized spacial score (nSPS) is 18.1. The Morgan fingerprint density at radius 3 is 2.73 bits per heavy atom. The standard InChI is InChI=1S/C10H20N4S/c11-10(12)13-6-8-14-7-4-2-1-3-5-9(14)15/h1-8H2,(H4,11,12,13). The Labute approximate surface area is 96.7 Å². The van der Waals surface area contributed by atoms with Gasteiger partial charge in [-0.25, -0.2) is 0 Å². The molecule has 0 saturated carbocycles. The summed E-state index contributed by atoms with van der Waals surface area (Å²) < 4.78 is 0. The Bertz CT molecular complexity index is 236. The van der Waals surface area contributed by atoms with Crippen molar-refractivity contribution in [1.29, 1.82) is 0 Å². The highest BCUT2D eigenvalue weighted by atomic mass is 32.1. The molecular formula is C10H20N4S. The van der Waals surface area contributed by atoms with E-state index < -0.39 is 0 Å². The molecule has 0 spiro atoms. The first-order valence-corrected chi connectivity index (χ1v) is 5.94. The fourth-order valence-corrected chi connectivity index (χ4v) is 2.08. The van der Waals surface area contributed by atoms with Gasteiger partial charge >= 0.3 is 0 Å². The van der Waals surface area contributed by atoms with E-state index in [-0.39, 0.29) is 5.96 Å². The van der Waals surface area contributed by atoms with Crippen molar-refractivity contribution in [1.82, 2.24) is 4.90 Å². The van der Waals surface area contributed by atoms with Gasteiger partial charge in [0.25, 0.3) is 0 Å². The molecule has 0 aliphatic carbocycles. The van der Waals surface area contributed by atoms with Crippen LogP contribution >= 0.6 is 12.2 Å². The van der Waals surface area contributed by atoms with Gasteiger partial charge in [0, 0.05) is 13.1 Å². The lowest BCUT2D eigenvalue weighted by molar-refractivity contribution is 0.393. The van der Waals surface area contributed by atoms with Crippen LogP contribution in [0, 0.1) is 0 Å². The highest BCUT2D eigenvalue weighted by molar-refractivity contribution is 7.80. The van der Waals surface area contributed by atoms with Gasteiger partial charge < -0.3 is 16.4 Å². The lowest BCUT2D eigenvalue weighted by atomic mass is 10.1. The average Bonchev–Trinajstić information content (AvgIpc) is 2.16. The Hall–Kier alpha value is -0.840. The van der Waals surface area contributed by atoms with Crippen LogP contribution in [0.1, 0.15) is 32.1 Å². The molecule has 0 atom stereocenters. The number of nitrogens with two attached hydrogens (primary N) is 2. The summed E-state index contributed by atoms with van der Waals surface area (Å²) in [4.78, 5) is 7.29. The summed E-state index contributed by atoms with van der Waals surface area (Å²) in [5.41, 5.74) is 10.5. The van der Waals surface area contributed by atoms with Gasteiger partial charge in [-0.15, -0.1) is 0 Å². The summed E-state index contributed by atoms with van der Waals surface area (Å²) >= 11 is 5.37. The van der Waals surface area contributed by atoms with Crippen molar-refractivity contribution in [3.63, 3.8) is 0 Å².